The van der Waals surface area contributed by atoms with Crippen LogP contribution in [0.2, 0.25) is 5.02 Å². The third kappa shape index (κ3) is 4.35. The van der Waals surface area contributed by atoms with Crippen LogP contribution in [0.25, 0.3) is 11.4 Å². The Balaban J connectivity index is 1.75. The summed E-state index contributed by atoms with van der Waals surface area (Å²) < 4.78 is 1.15. The Morgan fingerprint density at radius 2 is 1.74 bits per heavy atom. The number of H-pyrrole nitrogens is 1. The zero-order valence-corrected chi connectivity index (χ0v) is 22.6. The lowest BCUT2D eigenvalue weighted by Gasteiger charge is -2.34. The summed E-state index contributed by atoms with van der Waals surface area (Å²) in [7, 11) is 0. The molecular weight excluding hydrogens is 496 g/mol. The van der Waals surface area contributed by atoms with Crippen molar-refractivity contribution in [3.63, 3.8) is 0 Å². The molecule has 7 heteroatoms. The number of fused-ring (bicyclic) bond motifs is 1. The first kappa shape index (κ1) is 25.6. The molecular formula is C31H29ClN4O2. The molecule has 1 unspecified atom stereocenters. The maximum Gasteiger partial charge on any atom is 0.349 e. The topological polar surface area (TPSA) is 80.1 Å². The van der Waals surface area contributed by atoms with Gasteiger partial charge < -0.3 is 0 Å². The first-order chi connectivity index (χ1) is 18.2. The molecule has 1 aliphatic rings. The molecule has 38 heavy (non-hydrogen) atoms. The molecule has 1 aliphatic carbocycles. The van der Waals surface area contributed by atoms with Crippen LogP contribution in [0.1, 0.15) is 55.0 Å². The molecule has 5 rings (SSSR count). The van der Waals surface area contributed by atoms with E-state index in [0.717, 1.165) is 57.4 Å². The maximum atomic E-state index is 12.4. The van der Waals surface area contributed by atoms with E-state index >= 15 is 0 Å². The zero-order chi connectivity index (χ0) is 27.0. The van der Waals surface area contributed by atoms with E-state index in [4.69, 9.17) is 16.6 Å². The van der Waals surface area contributed by atoms with E-state index in [9.17, 15) is 9.59 Å². The number of nitrogens with zero attached hydrogens (tertiary/aromatic N) is 3. The van der Waals surface area contributed by atoms with Gasteiger partial charge in [-0.2, -0.15) is 9.78 Å². The van der Waals surface area contributed by atoms with Crippen LogP contribution >= 0.6 is 11.6 Å². The van der Waals surface area contributed by atoms with Crippen LogP contribution in [0.3, 0.4) is 0 Å². The molecule has 4 aromatic rings. The molecule has 0 saturated heterocycles. The Morgan fingerprint density at radius 3 is 2.42 bits per heavy atom. The van der Waals surface area contributed by atoms with Gasteiger partial charge in [0.15, 0.2) is 0 Å². The van der Waals surface area contributed by atoms with Crippen molar-refractivity contribution in [2.45, 2.75) is 46.0 Å². The van der Waals surface area contributed by atoms with E-state index in [1.165, 1.54) is 11.1 Å². The van der Waals surface area contributed by atoms with Crippen molar-refractivity contribution in [3.8, 4) is 5.69 Å². The minimum Gasteiger partial charge on any atom is -0.271 e. The average Bonchev–Trinajstić information content (AvgIpc) is 3.27. The molecule has 0 bridgehead atoms. The van der Waals surface area contributed by atoms with Crippen LogP contribution < -0.4 is 11.2 Å². The minimum absolute atomic E-state index is 0.489. The van der Waals surface area contributed by atoms with Crippen LogP contribution in [-0.4, -0.2) is 20.5 Å². The van der Waals surface area contributed by atoms with Gasteiger partial charge in [-0.25, -0.2) is 4.79 Å². The van der Waals surface area contributed by atoms with E-state index in [1.807, 2.05) is 31.2 Å². The van der Waals surface area contributed by atoms with Crippen LogP contribution in [0.4, 0.5) is 0 Å². The minimum atomic E-state index is -0.615. The first-order valence-corrected chi connectivity index (χ1v) is 13.0. The molecule has 1 aromatic heterocycles. The highest BCUT2D eigenvalue weighted by atomic mass is 35.5. The number of aromatic nitrogens is 3. The van der Waals surface area contributed by atoms with Crippen molar-refractivity contribution in [2.24, 2.45) is 4.99 Å². The van der Waals surface area contributed by atoms with Gasteiger partial charge >= 0.3 is 5.69 Å². The van der Waals surface area contributed by atoms with E-state index in [1.54, 1.807) is 6.07 Å². The fraction of sp³-hybridized carbons (Fsp3) is 0.226. The fourth-order valence-electron chi connectivity index (χ4n) is 5.68. The van der Waals surface area contributed by atoms with Gasteiger partial charge in [-0.3, -0.25) is 14.8 Å². The van der Waals surface area contributed by atoms with Crippen LogP contribution in [0, 0.1) is 6.92 Å². The Hall–Kier alpha value is -4.03. The van der Waals surface area contributed by atoms with Crippen LogP contribution in [0.15, 0.2) is 93.1 Å². The van der Waals surface area contributed by atoms with E-state index in [-0.39, 0.29) is 0 Å². The molecule has 0 radical (unpaired) electrons. The number of rotatable bonds is 5. The van der Waals surface area contributed by atoms with Crippen molar-refractivity contribution in [1.29, 1.82) is 0 Å². The van der Waals surface area contributed by atoms with E-state index in [0.29, 0.717) is 10.7 Å². The van der Waals surface area contributed by atoms with Crippen molar-refractivity contribution >= 4 is 23.0 Å². The largest absolute Gasteiger partial charge is 0.349 e. The number of aromatic amines is 1. The highest BCUT2D eigenvalue weighted by molar-refractivity contribution is 6.32. The summed E-state index contributed by atoms with van der Waals surface area (Å²) in [5.74, 6) is 0. The number of benzene rings is 3. The molecule has 3 aromatic carbocycles. The fourth-order valence-corrected chi connectivity index (χ4v) is 6.10. The highest BCUT2D eigenvalue weighted by Gasteiger charge is 2.45. The molecule has 0 aliphatic heterocycles. The summed E-state index contributed by atoms with van der Waals surface area (Å²) in [4.78, 5) is 31.5. The zero-order valence-electron chi connectivity index (χ0n) is 21.9. The third-order valence-corrected chi connectivity index (χ3v) is 7.62. The predicted molar refractivity (Wildman–Crippen MR) is 154 cm³/mol. The summed E-state index contributed by atoms with van der Waals surface area (Å²) >= 11 is 7.08. The van der Waals surface area contributed by atoms with Gasteiger partial charge in [-0.05, 0) is 74.9 Å². The van der Waals surface area contributed by atoms with Gasteiger partial charge in [0.2, 0.25) is 0 Å². The Labute approximate surface area is 226 Å². The number of allylic oxidation sites excluding steroid dienone is 1. The molecule has 1 heterocycles. The lowest BCUT2D eigenvalue weighted by molar-refractivity contribution is 0.665. The number of aryl methyl sites for hydroxylation is 2. The third-order valence-electron chi connectivity index (χ3n) is 7.32. The Kier molecular flexibility index (Phi) is 6.76. The second-order valence-electron chi connectivity index (χ2n) is 9.94. The van der Waals surface area contributed by atoms with Gasteiger partial charge in [-0.15, -0.1) is 0 Å². The normalized spacial score (nSPS) is 16.8. The molecule has 192 valence electrons. The molecule has 1 N–H and O–H groups in total. The monoisotopic (exact) mass is 524 g/mol. The summed E-state index contributed by atoms with van der Waals surface area (Å²) in [6, 6.07) is 22.3. The van der Waals surface area contributed by atoms with Gasteiger partial charge in [0.05, 0.1) is 16.8 Å². The highest BCUT2D eigenvalue weighted by Crippen LogP contribution is 2.49. The number of nitrogens with one attached hydrogen (secondary N) is 1. The average molecular weight is 525 g/mol. The van der Waals surface area contributed by atoms with Gasteiger partial charge in [0.25, 0.3) is 5.56 Å². The summed E-state index contributed by atoms with van der Waals surface area (Å²) in [5, 5.41) is 4.53. The number of halogens is 1. The second kappa shape index (κ2) is 10.0. The van der Waals surface area contributed by atoms with E-state index < -0.39 is 16.7 Å². The van der Waals surface area contributed by atoms with Crippen molar-refractivity contribution in [1.82, 2.24) is 14.8 Å². The van der Waals surface area contributed by atoms with Gasteiger partial charge in [0, 0.05) is 16.3 Å². The Bertz CT molecular complexity index is 1690. The van der Waals surface area contributed by atoms with Crippen LogP contribution in [-0.2, 0) is 11.8 Å². The molecule has 6 nitrogen and oxygen atoms in total. The first-order valence-electron chi connectivity index (χ1n) is 12.6. The van der Waals surface area contributed by atoms with Gasteiger partial charge in [-0.1, -0.05) is 71.8 Å². The Morgan fingerprint density at radius 1 is 1.03 bits per heavy atom. The second-order valence-corrected chi connectivity index (χ2v) is 10.4. The molecule has 0 fully saturated rings. The van der Waals surface area contributed by atoms with Crippen molar-refractivity contribution in [2.75, 3.05) is 0 Å². The number of aliphatic imine (C=N–C) groups is 1. The van der Waals surface area contributed by atoms with Crippen molar-refractivity contribution < 1.29 is 0 Å². The number of hydrogen-bond acceptors (Lipinski definition) is 4. The van der Waals surface area contributed by atoms with Gasteiger partial charge in [0.1, 0.15) is 6.20 Å². The van der Waals surface area contributed by atoms with E-state index in [2.05, 4.69) is 67.3 Å². The quantitative estimate of drug-likeness (QED) is 0.324. The lowest BCUT2D eigenvalue weighted by Crippen LogP contribution is -2.35. The maximum absolute atomic E-state index is 12.4. The standard InChI is InChI=1S/C31H29ClN4O2/c1-19(2)29(23-11-6-5-7-12-23)34-21(4)31(15-14-22-10-8-9-13-25(22)31)28-20(3)16-24(17-26(28)32)36-30(38)35-27(37)18-33-36/h5-13,16-18H,14-15H2,1-4H3,(H,35,37,38). The van der Waals surface area contributed by atoms with Crippen LogP contribution in [0.5, 0.6) is 0 Å². The lowest BCUT2D eigenvalue weighted by atomic mass is 9.70. The molecule has 1 atom stereocenters. The summed E-state index contributed by atoms with van der Waals surface area (Å²) in [5.41, 5.74) is 7.22. The molecule has 0 amide bonds. The smallest absolute Gasteiger partial charge is 0.271 e. The predicted octanol–water partition coefficient (Wildman–Crippen LogP) is 6.03. The summed E-state index contributed by atoms with van der Waals surface area (Å²) in [6.07, 6.45) is 2.80. The SMILES string of the molecule is CC(=NC(=C(C)C)c1ccccc1)C1(c2c(C)cc(-n3ncc(=O)[nH]c3=O)cc2Cl)CCc2ccccc21. The summed E-state index contributed by atoms with van der Waals surface area (Å²) in [6.45, 7) is 8.24. The van der Waals surface area contributed by atoms with Crippen molar-refractivity contribution in [3.05, 3.63) is 132 Å². The molecule has 0 saturated carbocycles. The molecule has 0 spiro atoms. The number of hydrogen-bond donors (Lipinski definition) is 1.